The summed E-state index contributed by atoms with van der Waals surface area (Å²) < 4.78 is 0. The molecule has 2 amide bonds. The molecule has 19 heavy (non-hydrogen) atoms. The molecule has 5 heteroatoms. The van der Waals surface area contributed by atoms with E-state index in [0.717, 1.165) is 38.6 Å². The molecule has 3 N–H and O–H groups in total. The molecule has 1 heterocycles. The number of piperidine rings is 1. The lowest BCUT2D eigenvalue weighted by Crippen LogP contribution is -2.47. The fourth-order valence-electron chi connectivity index (χ4n) is 3.23. The van der Waals surface area contributed by atoms with Crippen molar-refractivity contribution in [3.8, 4) is 0 Å². The Morgan fingerprint density at radius 2 is 1.79 bits per heavy atom. The van der Waals surface area contributed by atoms with Crippen molar-refractivity contribution >= 4 is 11.8 Å². The second-order valence-electron chi connectivity index (χ2n) is 5.78. The first kappa shape index (κ1) is 14.3. The molecule has 0 aromatic heterocycles. The summed E-state index contributed by atoms with van der Waals surface area (Å²) in [5.41, 5.74) is 5.28. The Bertz CT molecular complexity index is 321. The van der Waals surface area contributed by atoms with Crippen LogP contribution < -0.4 is 11.1 Å². The van der Waals surface area contributed by atoms with Gasteiger partial charge in [-0.2, -0.15) is 0 Å². The molecule has 0 aromatic rings. The van der Waals surface area contributed by atoms with Crippen LogP contribution >= 0.6 is 0 Å². The normalized spacial score (nSPS) is 24.3. The highest BCUT2D eigenvalue weighted by Crippen LogP contribution is 2.24. The van der Waals surface area contributed by atoms with Gasteiger partial charge in [0, 0.05) is 18.5 Å². The van der Waals surface area contributed by atoms with Crippen molar-refractivity contribution in [3.05, 3.63) is 0 Å². The first-order valence-electron chi connectivity index (χ1n) is 7.48. The fraction of sp³-hybridized carbons (Fsp3) is 0.857. The van der Waals surface area contributed by atoms with Gasteiger partial charge < -0.3 is 16.0 Å². The average Bonchev–Trinajstić information content (AvgIpc) is 2.90. The summed E-state index contributed by atoms with van der Waals surface area (Å²) in [6.45, 7) is 1.08. The predicted octanol–water partition coefficient (Wildman–Crippen LogP) is 0.775. The Morgan fingerprint density at radius 1 is 1.11 bits per heavy atom. The highest BCUT2D eigenvalue weighted by atomic mass is 16.2. The van der Waals surface area contributed by atoms with E-state index in [1.54, 1.807) is 4.90 Å². The Morgan fingerprint density at radius 3 is 2.37 bits per heavy atom. The molecule has 2 fully saturated rings. The Balaban J connectivity index is 1.91. The van der Waals surface area contributed by atoms with Gasteiger partial charge in [0.15, 0.2) is 0 Å². The number of amides is 2. The van der Waals surface area contributed by atoms with E-state index < -0.39 is 5.91 Å². The fourth-order valence-corrected chi connectivity index (χ4v) is 3.23. The molecule has 2 aliphatic rings. The van der Waals surface area contributed by atoms with Gasteiger partial charge in [-0.15, -0.1) is 0 Å². The van der Waals surface area contributed by atoms with Crippen molar-refractivity contribution in [2.45, 2.75) is 63.5 Å². The second kappa shape index (κ2) is 6.89. The molecule has 0 bridgehead atoms. The van der Waals surface area contributed by atoms with Crippen molar-refractivity contribution in [2.75, 3.05) is 13.1 Å². The van der Waals surface area contributed by atoms with E-state index in [9.17, 15) is 9.59 Å². The average molecular weight is 267 g/mol. The van der Waals surface area contributed by atoms with Crippen molar-refractivity contribution in [3.63, 3.8) is 0 Å². The maximum atomic E-state index is 12.4. The number of carbonyl (C=O) groups excluding carboxylic acids is 2. The molecule has 1 saturated carbocycles. The SMILES string of the molecule is NC(=O)CN(C(=O)CC1CCCCN1)C1CCCC1. The largest absolute Gasteiger partial charge is 0.368 e. The zero-order valence-corrected chi connectivity index (χ0v) is 11.6. The van der Waals surface area contributed by atoms with Crippen LogP contribution in [0.1, 0.15) is 51.4 Å². The van der Waals surface area contributed by atoms with Crippen LogP contribution in [-0.4, -0.2) is 41.9 Å². The van der Waals surface area contributed by atoms with E-state index in [1.165, 1.54) is 12.8 Å². The summed E-state index contributed by atoms with van der Waals surface area (Å²) in [4.78, 5) is 25.3. The van der Waals surface area contributed by atoms with E-state index >= 15 is 0 Å². The molecule has 0 spiro atoms. The van der Waals surface area contributed by atoms with Gasteiger partial charge in [-0.05, 0) is 32.2 Å². The standard InChI is InChI=1S/C14H25N3O2/c15-13(18)10-17(12-6-1-2-7-12)14(19)9-11-5-3-4-8-16-11/h11-12,16H,1-10H2,(H2,15,18). The molecule has 0 aromatic carbocycles. The third-order valence-electron chi connectivity index (χ3n) is 4.25. The molecule has 1 aliphatic heterocycles. The molecule has 1 atom stereocenters. The number of nitrogens with one attached hydrogen (secondary N) is 1. The van der Waals surface area contributed by atoms with Gasteiger partial charge >= 0.3 is 0 Å². The lowest BCUT2D eigenvalue weighted by atomic mass is 10.0. The Hall–Kier alpha value is -1.10. The number of hydrogen-bond donors (Lipinski definition) is 2. The number of rotatable bonds is 5. The number of nitrogens with zero attached hydrogens (tertiary/aromatic N) is 1. The van der Waals surface area contributed by atoms with E-state index in [1.807, 2.05) is 0 Å². The van der Waals surface area contributed by atoms with Crippen LogP contribution in [0, 0.1) is 0 Å². The summed E-state index contributed by atoms with van der Waals surface area (Å²) in [5.74, 6) is -0.318. The third-order valence-corrected chi connectivity index (χ3v) is 4.25. The van der Waals surface area contributed by atoms with E-state index in [4.69, 9.17) is 5.73 Å². The van der Waals surface area contributed by atoms with Gasteiger partial charge in [-0.3, -0.25) is 9.59 Å². The quantitative estimate of drug-likeness (QED) is 0.772. The molecular weight excluding hydrogens is 242 g/mol. The number of carbonyl (C=O) groups is 2. The molecule has 1 unspecified atom stereocenters. The van der Waals surface area contributed by atoms with Crippen molar-refractivity contribution in [1.82, 2.24) is 10.2 Å². The molecule has 1 saturated heterocycles. The molecule has 5 nitrogen and oxygen atoms in total. The van der Waals surface area contributed by atoms with Crippen molar-refractivity contribution in [2.24, 2.45) is 5.73 Å². The minimum atomic E-state index is -0.406. The van der Waals surface area contributed by atoms with Gasteiger partial charge in [0.25, 0.3) is 0 Å². The van der Waals surface area contributed by atoms with E-state index in [-0.39, 0.29) is 24.5 Å². The van der Waals surface area contributed by atoms with Crippen LogP contribution in [0.15, 0.2) is 0 Å². The number of nitrogens with two attached hydrogens (primary N) is 1. The van der Waals surface area contributed by atoms with Gasteiger partial charge in [-0.1, -0.05) is 19.3 Å². The van der Waals surface area contributed by atoms with E-state index in [0.29, 0.717) is 6.42 Å². The van der Waals surface area contributed by atoms with E-state index in [2.05, 4.69) is 5.32 Å². The molecule has 108 valence electrons. The summed E-state index contributed by atoms with van der Waals surface area (Å²) >= 11 is 0. The summed E-state index contributed by atoms with van der Waals surface area (Å²) in [6.07, 6.45) is 8.26. The lowest BCUT2D eigenvalue weighted by Gasteiger charge is -2.31. The predicted molar refractivity (Wildman–Crippen MR) is 73.4 cm³/mol. The van der Waals surface area contributed by atoms with Gasteiger partial charge in [-0.25, -0.2) is 0 Å². The minimum absolute atomic E-state index is 0.0796. The topological polar surface area (TPSA) is 75.4 Å². The zero-order chi connectivity index (χ0) is 13.7. The molecule has 0 radical (unpaired) electrons. The Labute approximate surface area is 114 Å². The molecule has 1 aliphatic carbocycles. The highest BCUT2D eigenvalue weighted by molar-refractivity contribution is 5.84. The smallest absolute Gasteiger partial charge is 0.237 e. The van der Waals surface area contributed by atoms with Crippen LogP contribution in [0.3, 0.4) is 0 Å². The minimum Gasteiger partial charge on any atom is -0.368 e. The van der Waals surface area contributed by atoms with Crippen molar-refractivity contribution < 1.29 is 9.59 Å². The van der Waals surface area contributed by atoms with Gasteiger partial charge in [0.05, 0.1) is 6.54 Å². The Kier molecular flexibility index (Phi) is 5.19. The highest BCUT2D eigenvalue weighted by Gasteiger charge is 2.29. The third kappa shape index (κ3) is 4.20. The first-order valence-corrected chi connectivity index (χ1v) is 7.48. The van der Waals surface area contributed by atoms with Crippen LogP contribution in [0.5, 0.6) is 0 Å². The first-order chi connectivity index (χ1) is 9.16. The van der Waals surface area contributed by atoms with Crippen LogP contribution in [0.2, 0.25) is 0 Å². The maximum Gasteiger partial charge on any atom is 0.237 e. The maximum absolute atomic E-state index is 12.4. The van der Waals surface area contributed by atoms with Gasteiger partial charge in [0.2, 0.25) is 11.8 Å². The zero-order valence-electron chi connectivity index (χ0n) is 11.6. The number of primary amides is 1. The summed E-state index contributed by atoms with van der Waals surface area (Å²) in [6, 6.07) is 0.502. The van der Waals surface area contributed by atoms with Crippen LogP contribution in [0.4, 0.5) is 0 Å². The number of hydrogen-bond acceptors (Lipinski definition) is 3. The lowest BCUT2D eigenvalue weighted by molar-refractivity contribution is -0.138. The van der Waals surface area contributed by atoms with Crippen LogP contribution in [-0.2, 0) is 9.59 Å². The van der Waals surface area contributed by atoms with Crippen molar-refractivity contribution in [1.29, 1.82) is 0 Å². The summed E-state index contributed by atoms with van der Waals surface area (Å²) in [5, 5.41) is 3.39. The monoisotopic (exact) mass is 267 g/mol. The molecular formula is C14H25N3O2. The van der Waals surface area contributed by atoms with Gasteiger partial charge in [0.1, 0.15) is 0 Å². The van der Waals surface area contributed by atoms with Crippen LogP contribution in [0.25, 0.3) is 0 Å². The molecule has 2 rings (SSSR count). The summed E-state index contributed by atoms with van der Waals surface area (Å²) in [7, 11) is 0. The second-order valence-corrected chi connectivity index (χ2v) is 5.78.